The molecule has 0 fully saturated rings. The molecule has 4 heterocycles. The van der Waals surface area contributed by atoms with E-state index in [4.69, 9.17) is 4.74 Å². The normalized spacial score (nSPS) is 11.2. The van der Waals surface area contributed by atoms with Crippen LogP contribution in [0.25, 0.3) is 42.0 Å². The third-order valence-electron chi connectivity index (χ3n) is 6.71. The molecule has 0 atom stereocenters. The van der Waals surface area contributed by atoms with Crippen LogP contribution in [-0.4, -0.2) is 61.2 Å². The number of thiophene rings is 2. The molecule has 11 heteroatoms. The maximum atomic E-state index is 12.8. The second kappa shape index (κ2) is 11.7. The number of esters is 2. The number of likely N-dealkylation sites (N-methyl/N-ethyl adjacent to an activating group) is 1. The van der Waals surface area contributed by atoms with Gasteiger partial charge in [0, 0.05) is 33.3 Å². The summed E-state index contributed by atoms with van der Waals surface area (Å²) in [6, 6.07) is 14.2. The zero-order valence-corrected chi connectivity index (χ0v) is 24.5. The number of hydrogen-bond donors (Lipinski definition) is 1. The predicted molar refractivity (Wildman–Crippen MR) is 165 cm³/mol. The third-order valence-corrected chi connectivity index (χ3v) is 8.60. The number of fused-ring (bicyclic) bond motifs is 6. The summed E-state index contributed by atoms with van der Waals surface area (Å²) in [6.07, 6.45) is 0. The van der Waals surface area contributed by atoms with Crippen molar-refractivity contribution in [1.29, 1.82) is 0 Å². The number of nitrogens with zero attached hydrogens (tertiary/aromatic N) is 2. The van der Waals surface area contributed by atoms with E-state index in [0.717, 1.165) is 37.6 Å². The Morgan fingerprint density at radius 2 is 1.39 bits per heavy atom. The van der Waals surface area contributed by atoms with Gasteiger partial charge in [-0.1, -0.05) is 12.1 Å². The predicted octanol–water partition coefficient (Wildman–Crippen LogP) is 5.09. The van der Waals surface area contributed by atoms with Crippen LogP contribution in [0.3, 0.4) is 0 Å². The van der Waals surface area contributed by atoms with Gasteiger partial charge in [0.1, 0.15) is 0 Å². The van der Waals surface area contributed by atoms with Crippen LogP contribution in [0.5, 0.6) is 0 Å². The molecule has 6 rings (SSSR count). The van der Waals surface area contributed by atoms with Crippen LogP contribution >= 0.6 is 22.7 Å². The minimum atomic E-state index is -0.413. The van der Waals surface area contributed by atoms with Gasteiger partial charge in [-0.15, -0.1) is 22.7 Å². The van der Waals surface area contributed by atoms with Gasteiger partial charge in [0.2, 0.25) is 0 Å². The number of H-pyrrole nitrogens is 1. The smallest absolute Gasteiger partial charge is 0.337 e. The molecule has 0 radical (unpaired) electrons. The van der Waals surface area contributed by atoms with Crippen molar-refractivity contribution >= 4 is 76.6 Å². The topological polar surface area (TPSA) is 111 Å². The SMILES string of the molecule is COC(=O)c1ccc2c(c1)[nH]c(=O)c1ccsc12.COC(=O)c1ccc2c3sccc3c(=O)n(CCN(C)C)c2c1. The van der Waals surface area contributed by atoms with E-state index in [1.807, 2.05) is 48.0 Å². The van der Waals surface area contributed by atoms with Gasteiger partial charge >= 0.3 is 11.9 Å². The number of aromatic amines is 1. The molecule has 0 bridgehead atoms. The highest BCUT2D eigenvalue weighted by atomic mass is 32.1. The van der Waals surface area contributed by atoms with E-state index in [9.17, 15) is 19.2 Å². The lowest BCUT2D eigenvalue weighted by molar-refractivity contribution is 0.0592. The summed E-state index contributed by atoms with van der Waals surface area (Å²) in [5, 5.41) is 7.14. The minimum Gasteiger partial charge on any atom is -0.465 e. The zero-order valence-electron chi connectivity index (χ0n) is 22.8. The molecular formula is C30H27N3O6S2. The summed E-state index contributed by atoms with van der Waals surface area (Å²) in [5.41, 5.74) is 2.15. The largest absolute Gasteiger partial charge is 0.465 e. The summed E-state index contributed by atoms with van der Waals surface area (Å²) in [7, 11) is 6.62. The Morgan fingerprint density at radius 1 is 0.805 bits per heavy atom. The molecule has 210 valence electrons. The Morgan fingerprint density at radius 3 is 2.02 bits per heavy atom. The van der Waals surface area contributed by atoms with E-state index in [-0.39, 0.29) is 11.1 Å². The number of carbonyl (C=O) groups is 2. The van der Waals surface area contributed by atoms with Crippen LogP contribution in [-0.2, 0) is 16.0 Å². The third kappa shape index (κ3) is 5.39. The summed E-state index contributed by atoms with van der Waals surface area (Å²) in [6.45, 7) is 1.31. The van der Waals surface area contributed by atoms with E-state index >= 15 is 0 Å². The van der Waals surface area contributed by atoms with Crippen molar-refractivity contribution in [2.75, 3.05) is 34.9 Å². The minimum absolute atomic E-state index is 0.0161. The monoisotopic (exact) mass is 589 g/mol. The lowest BCUT2D eigenvalue weighted by Gasteiger charge is -2.15. The van der Waals surface area contributed by atoms with E-state index in [2.05, 4.69) is 9.72 Å². The maximum absolute atomic E-state index is 12.8. The Labute approximate surface area is 242 Å². The first-order valence-electron chi connectivity index (χ1n) is 12.6. The first-order chi connectivity index (χ1) is 19.7. The van der Waals surface area contributed by atoms with E-state index in [1.54, 1.807) is 46.2 Å². The second-order valence-electron chi connectivity index (χ2n) is 9.52. The number of nitrogens with one attached hydrogen (secondary N) is 1. The van der Waals surface area contributed by atoms with Crippen LogP contribution in [0.15, 0.2) is 68.9 Å². The molecule has 0 aliphatic heterocycles. The molecule has 0 amide bonds. The lowest BCUT2D eigenvalue weighted by atomic mass is 10.1. The molecule has 2 aromatic carbocycles. The number of aromatic nitrogens is 2. The summed E-state index contributed by atoms with van der Waals surface area (Å²) in [5.74, 6) is -0.811. The van der Waals surface area contributed by atoms with Gasteiger partial charge < -0.3 is 23.9 Å². The molecule has 1 N–H and O–H groups in total. The summed E-state index contributed by atoms with van der Waals surface area (Å²) >= 11 is 3.06. The molecule has 0 aliphatic carbocycles. The highest BCUT2D eigenvalue weighted by Crippen LogP contribution is 2.29. The second-order valence-corrected chi connectivity index (χ2v) is 11.3. The van der Waals surface area contributed by atoms with Crippen LogP contribution in [0.2, 0.25) is 0 Å². The van der Waals surface area contributed by atoms with Gasteiger partial charge in [0.05, 0.1) is 47.2 Å². The van der Waals surface area contributed by atoms with E-state index in [1.165, 1.54) is 25.6 Å². The first-order valence-corrected chi connectivity index (χ1v) is 14.4. The molecular weight excluding hydrogens is 562 g/mol. The molecule has 9 nitrogen and oxygen atoms in total. The van der Waals surface area contributed by atoms with Gasteiger partial charge in [-0.3, -0.25) is 9.59 Å². The Kier molecular flexibility index (Phi) is 8.02. The summed E-state index contributed by atoms with van der Waals surface area (Å²) in [4.78, 5) is 52.7. The van der Waals surface area contributed by atoms with Crippen molar-refractivity contribution < 1.29 is 19.1 Å². The zero-order chi connectivity index (χ0) is 29.3. The van der Waals surface area contributed by atoms with Crippen molar-refractivity contribution in [3.05, 3.63) is 91.1 Å². The fourth-order valence-electron chi connectivity index (χ4n) is 4.63. The number of benzene rings is 2. The van der Waals surface area contributed by atoms with Crippen molar-refractivity contribution in [2.24, 2.45) is 0 Å². The molecule has 0 spiro atoms. The Balaban J connectivity index is 0.000000169. The average Bonchev–Trinajstić information content (AvgIpc) is 3.67. The van der Waals surface area contributed by atoms with Crippen LogP contribution in [0, 0.1) is 0 Å². The van der Waals surface area contributed by atoms with E-state index < -0.39 is 11.9 Å². The number of hydrogen-bond acceptors (Lipinski definition) is 9. The highest BCUT2D eigenvalue weighted by molar-refractivity contribution is 7.18. The van der Waals surface area contributed by atoms with Gasteiger partial charge in [-0.05, 0) is 61.3 Å². The number of methoxy groups -OCH3 is 2. The maximum Gasteiger partial charge on any atom is 0.337 e. The Hall–Kier alpha value is -4.32. The molecule has 0 saturated carbocycles. The number of pyridine rings is 2. The molecule has 6 aromatic rings. The number of rotatable bonds is 5. The van der Waals surface area contributed by atoms with Crippen LogP contribution in [0.4, 0.5) is 0 Å². The van der Waals surface area contributed by atoms with Gasteiger partial charge in [0.15, 0.2) is 0 Å². The molecule has 0 unspecified atom stereocenters. The van der Waals surface area contributed by atoms with E-state index in [0.29, 0.717) is 28.6 Å². The first kappa shape index (κ1) is 28.2. The molecule has 41 heavy (non-hydrogen) atoms. The molecule has 0 saturated heterocycles. The lowest BCUT2D eigenvalue weighted by Crippen LogP contribution is -2.27. The van der Waals surface area contributed by atoms with Crippen molar-refractivity contribution in [3.63, 3.8) is 0 Å². The molecule has 0 aliphatic rings. The summed E-state index contributed by atoms with van der Waals surface area (Å²) < 4.78 is 13.1. The van der Waals surface area contributed by atoms with Gasteiger partial charge in [-0.25, -0.2) is 9.59 Å². The fraction of sp³-hybridized carbons (Fsp3) is 0.200. The van der Waals surface area contributed by atoms with Crippen molar-refractivity contribution in [3.8, 4) is 0 Å². The van der Waals surface area contributed by atoms with Gasteiger partial charge in [0.25, 0.3) is 11.1 Å². The van der Waals surface area contributed by atoms with Gasteiger partial charge in [-0.2, -0.15) is 0 Å². The average molecular weight is 590 g/mol. The van der Waals surface area contributed by atoms with Crippen LogP contribution in [0.1, 0.15) is 20.7 Å². The highest BCUT2D eigenvalue weighted by Gasteiger charge is 2.15. The quantitative estimate of drug-likeness (QED) is 0.279. The molecule has 4 aromatic heterocycles. The Bertz CT molecular complexity index is 2050. The van der Waals surface area contributed by atoms with Crippen molar-refractivity contribution in [2.45, 2.75) is 6.54 Å². The van der Waals surface area contributed by atoms with Crippen molar-refractivity contribution in [1.82, 2.24) is 14.5 Å². The standard InChI is InChI=1S/C17H18N2O3S.C13H9NO3S/c1-18(2)7-8-19-14-10-11(17(21)22-3)4-5-12(14)15-13(16(19)20)6-9-23-15;1-17-13(16)7-2-3-8-10(6-7)14-12(15)9-4-5-18-11(8)9/h4-6,9-10H,7-8H2,1-3H3;2-6H,1H3,(H,14,15). The number of ether oxygens (including phenoxy) is 2. The van der Waals surface area contributed by atoms with Crippen LogP contribution < -0.4 is 11.1 Å². The fourth-order valence-corrected chi connectivity index (χ4v) is 6.49. The number of carbonyl (C=O) groups excluding carboxylic acids is 2.